The van der Waals surface area contributed by atoms with Crippen LogP contribution >= 0.6 is 0 Å². The van der Waals surface area contributed by atoms with Crippen molar-refractivity contribution in [1.29, 1.82) is 0 Å². The van der Waals surface area contributed by atoms with Crippen LogP contribution in [0.1, 0.15) is 31.7 Å². The summed E-state index contributed by atoms with van der Waals surface area (Å²) in [5.74, 6) is 1.82. The molecule has 1 heterocycles. The summed E-state index contributed by atoms with van der Waals surface area (Å²) in [4.78, 5) is 7.22. The minimum atomic E-state index is 0.859. The van der Waals surface area contributed by atoms with Crippen LogP contribution in [0.15, 0.2) is 29.3 Å². The number of nitrogens with zero attached hydrogens (tertiary/aromatic N) is 2. The maximum atomic E-state index is 5.19. The zero-order valence-electron chi connectivity index (χ0n) is 15.2. The minimum absolute atomic E-state index is 0.859. The predicted molar refractivity (Wildman–Crippen MR) is 101 cm³/mol. The highest BCUT2D eigenvalue weighted by molar-refractivity contribution is 5.79. The van der Waals surface area contributed by atoms with Crippen molar-refractivity contribution >= 4 is 5.96 Å². The standard InChI is InChI=1S/C19H32N4O/c1-3-20-19(22-13-16-23-14-5-4-6-15-23)21-12-11-17-7-9-18(24-2)10-8-17/h7-10H,3-6,11-16H2,1-2H3,(H2,20,21,22). The van der Waals surface area contributed by atoms with Crippen LogP contribution in [0.2, 0.25) is 0 Å². The third-order valence-electron chi connectivity index (χ3n) is 4.34. The number of guanidine groups is 1. The van der Waals surface area contributed by atoms with E-state index in [1.54, 1.807) is 7.11 Å². The molecule has 1 saturated heterocycles. The lowest BCUT2D eigenvalue weighted by atomic mass is 10.1. The van der Waals surface area contributed by atoms with Gasteiger partial charge in [0.1, 0.15) is 5.75 Å². The lowest BCUT2D eigenvalue weighted by Gasteiger charge is -2.25. The molecule has 1 aliphatic rings. The van der Waals surface area contributed by atoms with Gasteiger partial charge in [-0.15, -0.1) is 0 Å². The van der Waals surface area contributed by atoms with Crippen LogP contribution in [0.5, 0.6) is 5.75 Å². The molecular weight excluding hydrogens is 300 g/mol. The minimum Gasteiger partial charge on any atom is -0.497 e. The van der Waals surface area contributed by atoms with Crippen molar-refractivity contribution in [1.82, 2.24) is 15.5 Å². The molecule has 0 unspecified atom stereocenters. The zero-order chi connectivity index (χ0) is 17.0. The van der Waals surface area contributed by atoms with Crippen LogP contribution in [-0.2, 0) is 6.42 Å². The normalized spacial score (nSPS) is 16.0. The third kappa shape index (κ3) is 6.79. The Morgan fingerprint density at radius 2 is 1.88 bits per heavy atom. The molecule has 134 valence electrons. The van der Waals surface area contributed by atoms with Crippen molar-refractivity contribution in [3.8, 4) is 5.75 Å². The molecule has 0 amide bonds. The monoisotopic (exact) mass is 332 g/mol. The molecule has 1 fully saturated rings. The highest BCUT2D eigenvalue weighted by atomic mass is 16.5. The SMILES string of the molecule is CCNC(=NCCN1CCCCC1)NCCc1ccc(OC)cc1. The molecule has 1 aliphatic heterocycles. The van der Waals surface area contributed by atoms with Gasteiger partial charge in [-0.1, -0.05) is 18.6 Å². The Morgan fingerprint density at radius 3 is 2.54 bits per heavy atom. The van der Waals surface area contributed by atoms with Gasteiger partial charge in [-0.25, -0.2) is 0 Å². The summed E-state index contributed by atoms with van der Waals surface area (Å²) in [6, 6.07) is 8.24. The topological polar surface area (TPSA) is 48.9 Å². The van der Waals surface area contributed by atoms with E-state index < -0.39 is 0 Å². The quantitative estimate of drug-likeness (QED) is 0.566. The van der Waals surface area contributed by atoms with Crippen molar-refractivity contribution in [2.24, 2.45) is 4.99 Å². The molecule has 24 heavy (non-hydrogen) atoms. The maximum Gasteiger partial charge on any atom is 0.191 e. The highest BCUT2D eigenvalue weighted by Gasteiger charge is 2.08. The van der Waals surface area contributed by atoms with E-state index in [4.69, 9.17) is 9.73 Å². The van der Waals surface area contributed by atoms with Gasteiger partial charge in [0.2, 0.25) is 0 Å². The predicted octanol–water partition coefficient (Wildman–Crippen LogP) is 2.28. The molecule has 1 aromatic rings. The Kier molecular flexibility index (Phi) is 8.46. The van der Waals surface area contributed by atoms with Crippen LogP contribution in [0, 0.1) is 0 Å². The molecule has 1 aromatic carbocycles. The van der Waals surface area contributed by atoms with Crippen LogP contribution in [0.25, 0.3) is 0 Å². The molecule has 0 aliphatic carbocycles. The van der Waals surface area contributed by atoms with E-state index >= 15 is 0 Å². The number of benzene rings is 1. The van der Waals surface area contributed by atoms with Gasteiger partial charge in [0.05, 0.1) is 13.7 Å². The summed E-state index contributed by atoms with van der Waals surface area (Å²) < 4.78 is 5.19. The number of methoxy groups -OCH3 is 1. The van der Waals surface area contributed by atoms with Gasteiger partial charge in [-0.2, -0.15) is 0 Å². The lowest BCUT2D eigenvalue weighted by Crippen LogP contribution is -2.39. The van der Waals surface area contributed by atoms with Gasteiger partial charge in [0.25, 0.3) is 0 Å². The number of rotatable bonds is 8. The van der Waals surface area contributed by atoms with Crippen molar-refractivity contribution in [3.05, 3.63) is 29.8 Å². The van der Waals surface area contributed by atoms with E-state index in [0.29, 0.717) is 0 Å². The van der Waals surface area contributed by atoms with E-state index in [-0.39, 0.29) is 0 Å². The summed E-state index contributed by atoms with van der Waals surface area (Å²) >= 11 is 0. The molecule has 0 radical (unpaired) electrons. The first-order chi connectivity index (χ1) is 11.8. The van der Waals surface area contributed by atoms with Crippen LogP contribution < -0.4 is 15.4 Å². The average molecular weight is 332 g/mol. The van der Waals surface area contributed by atoms with E-state index in [0.717, 1.165) is 44.3 Å². The van der Waals surface area contributed by atoms with Crippen molar-refractivity contribution in [2.75, 3.05) is 46.4 Å². The molecule has 0 atom stereocenters. The number of aliphatic imine (C=N–C) groups is 1. The van der Waals surface area contributed by atoms with E-state index in [1.165, 1.54) is 37.9 Å². The summed E-state index contributed by atoms with van der Waals surface area (Å²) in [5, 5.41) is 6.75. The van der Waals surface area contributed by atoms with Crippen LogP contribution in [-0.4, -0.2) is 57.2 Å². The molecule has 0 saturated carbocycles. The smallest absolute Gasteiger partial charge is 0.191 e. The molecule has 0 bridgehead atoms. The Balaban J connectivity index is 1.71. The van der Waals surface area contributed by atoms with Gasteiger partial charge in [0.15, 0.2) is 5.96 Å². The fraction of sp³-hybridized carbons (Fsp3) is 0.632. The number of nitrogens with one attached hydrogen (secondary N) is 2. The first-order valence-corrected chi connectivity index (χ1v) is 9.19. The lowest BCUT2D eigenvalue weighted by molar-refractivity contribution is 0.235. The van der Waals surface area contributed by atoms with Crippen LogP contribution in [0.4, 0.5) is 0 Å². The van der Waals surface area contributed by atoms with Crippen LogP contribution in [0.3, 0.4) is 0 Å². The molecule has 0 aromatic heterocycles. The zero-order valence-corrected chi connectivity index (χ0v) is 15.2. The van der Waals surface area contributed by atoms with Crippen molar-refractivity contribution < 1.29 is 4.74 Å². The van der Waals surface area contributed by atoms with E-state index in [9.17, 15) is 0 Å². The van der Waals surface area contributed by atoms with E-state index in [2.05, 4.69) is 34.6 Å². The third-order valence-corrected chi connectivity index (χ3v) is 4.34. The van der Waals surface area contributed by atoms with Gasteiger partial charge in [0, 0.05) is 19.6 Å². The van der Waals surface area contributed by atoms with Gasteiger partial charge in [-0.3, -0.25) is 4.99 Å². The fourth-order valence-electron chi connectivity index (χ4n) is 2.95. The summed E-state index contributed by atoms with van der Waals surface area (Å²) in [6.07, 6.45) is 5.03. The molecular formula is C19H32N4O. The van der Waals surface area contributed by atoms with Crippen molar-refractivity contribution in [3.63, 3.8) is 0 Å². The molecule has 2 rings (SSSR count). The highest BCUT2D eigenvalue weighted by Crippen LogP contribution is 2.11. The summed E-state index contributed by atoms with van der Waals surface area (Å²) in [5.41, 5.74) is 1.30. The molecule has 5 heteroatoms. The number of hydrogen-bond donors (Lipinski definition) is 2. The van der Waals surface area contributed by atoms with Gasteiger partial charge < -0.3 is 20.3 Å². The Hall–Kier alpha value is -1.75. The Bertz CT molecular complexity index is 481. The number of ether oxygens (including phenoxy) is 1. The Morgan fingerprint density at radius 1 is 1.12 bits per heavy atom. The average Bonchev–Trinajstić information content (AvgIpc) is 2.63. The fourth-order valence-corrected chi connectivity index (χ4v) is 2.95. The van der Waals surface area contributed by atoms with E-state index in [1.807, 2.05) is 12.1 Å². The largest absolute Gasteiger partial charge is 0.497 e. The second-order valence-electron chi connectivity index (χ2n) is 6.19. The second kappa shape index (κ2) is 10.9. The summed E-state index contributed by atoms with van der Waals surface area (Å²) in [7, 11) is 1.69. The number of likely N-dealkylation sites (tertiary alicyclic amines) is 1. The van der Waals surface area contributed by atoms with Crippen molar-refractivity contribution in [2.45, 2.75) is 32.6 Å². The first-order valence-electron chi connectivity index (χ1n) is 9.19. The maximum absolute atomic E-state index is 5.19. The number of hydrogen-bond acceptors (Lipinski definition) is 3. The first kappa shape index (κ1) is 18.6. The van der Waals surface area contributed by atoms with Gasteiger partial charge >= 0.3 is 0 Å². The van der Waals surface area contributed by atoms with Gasteiger partial charge in [-0.05, 0) is 57.0 Å². The number of piperidine rings is 1. The second-order valence-corrected chi connectivity index (χ2v) is 6.19. The Labute approximate surface area is 146 Å². The molecule has 5 nitrogen and oxygen atoms in total. The summed E-state index contributed by atoms with van der Waals surface area (Å²) in [6.45, 7) is 8.26. The molecule has 0 spiro atoms. The molecule has 2 N–H and O–H groups in total.